The Morgan fingerprint density at radius 1 is 1.25 bits per heavy atom. The first-order valence-electron chi connectivity index (χ1n) is 9.68. The summed E-state index contributed by atoms with van der Waals surface area (Å²) in [5, 5.41) is 9.44. The highest BCUT2D eigenvalue weighted by Crippen LogP contribution is 2.39. The summed E-state index contributed by atoms with van der Waals surface area (Å²) in [4.78, 5) is 4.83. The standard InChI is InChI=1S/C24H25NO3/c1-16-12-23(18-6-4-3-5-7-18)25-22(16)10-11-27-20-8-9-21-19(13-17(2)26)15-28-24(21)14-20/h3-9,14,19,26H,2,10-13,15H2,1H3. The summed E-state index contributed by atoms with van der Waals surface area (Å²) >= 11 is 0. The fourth-order valence-electron chi connectivity index (χ4n) is 3.78. The third-order valence-corrected chi connectivity index (χ3v) is 5.26. The third kappa shape index (κ3) is 3.96. The van der Waals surface area contributed by atoms with Gasteiger partial charge in [0.25, 0.3) is 0 Å². The highest BCUT2D eigenvalue weighted by Gasteiger charge is 2.25. The molecule has 4 heteroatoms. The molecule has 0 spiro atoms. The van der Waals surface area contributed by atoms with Gasteiger partial charge in [-0.15, -0.1) is 0 Å². The van der Waals surface area contributed by atoms with Crippen molar-refractivity contribution in [3.05, 3.63) is 83.3 Å². The first kappa shape index (κ1) is 18.4. The van der Waals surface area contributed by atoms with Crippen molar-refractivity contribution < 1.29 is 14.6 Å². The normalized spacial score (nSPS) is 17.9. The number of ether oxygens (including phenoxy) is 2. The fourth-order valence-corrected chi connectivity index (χ4v) is 3.78. The van der Waals surface area contributed by atoms with Crippen LogP contribution in [0.2, 0.25) is 0 Å². The third-order valence-electron chi connectivity index (χ3n) is 5.26. The number of hydrogen-bond acceptors (Lipinski definition) is 4. The Morgan fingerprint density at radius 3 is 2.86 bits per heavy atom. The molecule has 28 heavy (non-hydrogen) atoms. The van der Waals surface area contributed by atoms with E-state index in [1.54, 1.807) is 0 Å². The molecule has 0 fully saturated rings. The van der Waals surface area contributed by atoms with Crippen molar-refractivity contribution in [2.75, 3.05) is 13.2 Å². The molecule has 2 aliphatic heterocycles. The van der Waals surface area contributed by atoms with E-state index in [-0.39, 0.29) is 11.7 Å². The van der Waals surface area contributed by atoms with Crippen molar-refractivity contribution in [3.8, 4) is 11.5 Å². The maximum Gasteiger partial charge on any atom is 0.126 e. The second-order valence-corrected chi connectivity index (χ2v) is 7.40. The van der Waals surface area contributed by atoms with Crippen LogP contribution in [0.25, 0.3) is 0 Å². The topological polar surface area (TPSA) is 51.0 Å². The van der Waals surface area contributed by atoms with Crippen molar-refractivity contribution in [3.63, 3.8) is 0 Å². The average molecular weight is 375 g/mol. The number of hydrogen-bond donors (Lipinski definition) is 1. The van der Waals surface area contributed by atoms with Crippen molar-refractivity contribution in [1.82, 2.24) is 0 Å². The SMILES string of the molecule is C=C(O)CC1COc2cc(OCCC3=C(C)CC(c4ccccc4)=N3)ccc21. The molecule has 1 N–H and O–H groups in total. The van der Waals surface area contributed by atoms with E-state index >= 15 is 0 Å². The lowest BCUT2D eigenvalue weighted by Gasteiger charge is -2.09. The van der Waals surface area contributed by atoms with Crippen LogP contribution in [-0.2, 0) is 0 Å². The van der Waals surface area contributed by atoms with Gasteiger partial charge in [-0.25, -0.2) is 0 Å². The first-order valence-corrected chi connectivity index (χ1v) is 9.68. The van der Waals surface area contributed by atoms with E-state index in [0.29, 0.717) is 19.6 Å². The molecule has 0 saturated carbocycles. The fraction of sp³-hybridized carbons (Fsp3) is 0.292. The van der Waals surface area contributed by atoms with Gasteiger partial charge < -0.3 is 14.6 Å². The molecule has 2 aromatic rings. The summed E-state index contributed by atoms with van der Waals surface area (Å²) in [7, 11) is 0. The maximum absolute atomic E-state index is 9.44. The lowest BCUT2D eigenvalue weighted by Crippen LogP contribution is -2.01. The molecule has 1 atom stereocenters. The molecule has 0 aliphatic carbocycles. The molecule has 0 amide bonds. The Bertz CT molecular complexity index is 944. The Balaban J connectivity index is 1.35. The van der Waals surface area contributed by atoms with E-state index in [4.69, 9.17) is 14.5 Å². The predicted octanol–water partition coefficient (Wildman–Crippen LogP) is 5.56. The Hall–Kier alpha value is -3.01. The molecule has 1 unspecified atom stereocenters. The van der Waals surface area contributed by atoms with Gasteiger partial charge in [0.15, 0.2) is 0 Å². The molecule has 2 aromatic carbocycles. The van der Waals surface area contributed by atoms with E-state index in [0.717, 1.165) is 41.3 Å². The quantitative estimate of drug-likeness (QED) is 0.645. The van der Waals surface area contributed by atoms with Crippen molar-refractivity contribution in [2.45, 2.75) is 32.1 Å². The highest BCUT2D eigenvalue weighted by molar-refractivity contribution is 6.04. The molecule has 0 aromatic heterocycles. The monoisotopic (exact) mass is 375 g/mol. The summed E-state index contributed by atoms with van der Waals surface area (Å²) in [6.45, 7) is 6.87. The number of benzene rings is 2. The van der Waals surface area contributed by atoms with Crippen LogP contribution in [0.1, 0.15) is 43.2 Å². The lowest BCUT2D eigenvalue weighted by atomic mass is 9.97. The molecule has 4 nitrogen and oxygen atoms in total. The van der Waals surface area contributed by atoms with E-state index in [1.807, 2.05) is 36.4 Å². The molecule has 0 radical (unpaired) electrons. The number of allylic oxidation sites excluding steroid dienone is 2. The van der Waals surface area contributed by atoms with Crippen LogP contribution in [0.3, 0.4) is 0 Å². The summed E-state index contributed by atoms with van der Waals surface area (Å²) in [5.74, 6) is 1.99. The van der Waals surface area contributed by atoms with Crippen molar-refractivity contribution in [1.29, 1.82) is 0 Å². The molecular weight excluding hydrogens is 350 g/mol. The molecule has 0 bridgehead atoms. The van der Waals surface area contributed by atoms with E-state index in [9.17, 15) is 5.11 Å². The van der Waals surface area contributed by atoms with Gasteiger partial charge >= 0.3 is 0 Å². The Kier molecular flexibility index (Phi) is 5.20. The van der Waals surface area contributed by atoms with E-state index in [1.165, 1.54) is 11.1 Å². The second kappa shape index (κ2) is 7.93. The van der Waals surface area contributed by atoms with Crippen LogP contribution in [-0.4, -0.2) is 24.0 Å². The molecule has 144 valence electrons. The number of rotatable bonds is 7. The zero-order valence-electron chi connectivity index (χ0n) is 16.1. The highest BCUT2D eigenvalue weighted by atomic mass is 16.5. The van der Waals surface area contributed by atoms with Gasteiger partial charge in [0.2, 0.25) is 0 Å². The summed E-state index contributed by atoms with van der Waals surface area (Å²) < 4.78 is 11.7. The molecular formula is C24H25NO3. The Morgan fingerprint density at radius 2 is 2.07 bits per heavy atom. The molecule has 0 saturated heterocycles. The maximum atomic E-state index is 9.44. The zero-order valence-corrected chi connectivity index (χ0v) is 16.1. The van der Waals surface area contributed by atoms with Gasteiger partial charge in [-0.05, 0) is 24.1 Å². The summed E-state index contributed by atoms with van der Waals surface area (Å²) in [6, 6.07) is 16.3. The first-order chi connectivity index (χ1) is 13.6. The van der Waals surface area contributed by atoms with Crippen LogP contribution in [0, 0.1) is 0 Å². The summed E-state index contributed by atoms with van der Waals surface area (Å²) in [5.41, 5.74) is 5.86. The average Bonchev–Trinajstić information content (AvgIpc) is 3.26. The minimum absolute atomic E-state index is 0.165. The number of fused-ring (bicyclic) bond motifs is 1. The van der Waals surface area contributed by atoms with Crippen LogP contribution in [0.15, 0.2) is 77.1 Å². The zero-order chi connectivity index (χ0) is 19.5. The van der Waals surface area contributed by atoms with Crippen LogP contribution in [0.4, 0.5) is 0 Å². The predicted molar refractivity (Wildman–Crippen MR) is 111 cm³/mol. The number of nitrogens with zero attached hydrogens (tertiary/aromatic N) is 1. The van der Waals surface area contributed by atoms with Gasteiger partial charge in [-0.1, -0.05) is 43.0 Å². The van der Waals surface area contributed by atoms with Crippen molar-refractivity contribution >= 4 is 5.71 Å². The second-order valence-electron chi connectivity index (χ2n) is 7.40. The van der Waals surface area contributed by atoms with Gasteiger partial charge in [-0.3, -0.25) is 4.99 Å². The van der Waals surface area contributed by atoms with Crippen LogP contribution >= 0.6 is 0 Å². The number of aliphatic hydroxyl groups excluding tert-OH is 1. The molecule has 2 heterocycles. The summed E-state index contributed by atoms with van der Waals surface area (Å²) in [6.07, 6.45) is 2.22. The van der Waals surface area contributed by atoms with Crippen molar-refractivity contribution in [2.24, 2.45) is 4.99 Å². The molecule has 2 aliphatic rings. The van der Waals surface area contributed by atoms with Gasteiger partial charge in [0.05, 0.1) is 24.7 Å². The minimum Gasteiger partial charge on any atom is -0.513 e. The Labute approximate surface area is 165 Å². The van der Waals surface area contributed by atoms with Gasteiger partial charge in [0, 0.05) is 42.5 Å². The van der Waals surface area contributed by atoms with Crippen LogP contribution in [0.5, 0.6) is 11.5 Å². The smallest absolute Gasteiger partial charge is 0.126 e. The van der Waals surface area contributed by atoms with Crippen LogP contribution < -0.4 is 9.47 Å². The lowest BCUT2D eigenvalue weighted by molar-refractivity contribution is 0.303. The number of aliphatic imine (C=N–C) groups is 1. The van der Waals surface area contributed by atoms with Gasteiger partial charge in [0.1, 0.15) is 11.5 Å². The number of aliphatic hydroxyl groups is 1. The largest absolute Gasteiger partial charge is 0.513 e. The molecule has 4 rings (SSSR count). The minimum atomic E-state index is 0.165. The van der Waals surface area contributed by atoms with Gasteiger partial charge in [-0.2, -0.15) is 0 Å². The van der Waals surface area contributed by atoms with E-state index < -0.39 is 0 Å². The van der Waals surface area contributed by atoms with E-state index in [2.05, 4.69) is 25.6 Å².